The van der Waals surface area contributed by atoms with E-state index in [-0.39, 0.29) is 37.1 Å². The third-order valence-corrected chi connectivity index (χ3v) is 7.66. The molecule has 7 nitrogen and oxygen atoms in total. The van der Waals surface area contributed by atoms with Gasteiger partial charge in [0.2, 0.25) is 0 Å². The first-order valence-electron chi connectivity index (χ1n) is 14.1. The smallest absolute Gasteiger partial charge is 0.310 e. The average Bonchev–Trinajstić information content (AvgIpc) is 3.30. The van der Waals surface area contributed by atoms with Crippen LogP contribution in [-0.2, 0) is 22.6 Å². The molecule has 0 N–H and O–H groups in total. The van der Waals surface area contributed by atoms with E-state index in [1.807, 2.05) is 85.9 Å². The molecule has 0 aliphatic carbocycles. The van der Waals surface area contributed by atoms with Gasteiger partial charge in [-0.3, -0.25) is 14.2 Å². The topological polar surface area (TPSA) is 70.0 Å². The normalized spacial score (nSPS) is 14.2. The van der Waals surface area contributed by atoms with Crippen LogP contribution in [0.3, 0.4) is 0 Å². The number of anilines is 1. The molecule has 5 aromatic rings. The summed E-state index contributed by atoms with van der Waals surface area (Å²) in [4.78, 5) is 28.6. The van der Waals surface area contributed by atoms with Gasteiger partial charge in [-0.15, -0.1) is 0 Å². The summed E-state index contributed by atoms with van der Waals surface area (Å²) in [5, 5.41) is 0.768. The quantitative estimate of drug-likeness (QED) is 0.200. The zero-order valence-corrected chi connectivity index (χ0v) is 24.0. The predicted octanol–water partition coefficient (Wildman–Crippen LogP) is 6.34. The van der Waals surface area contributed by atoms with Crippen LogP contribution in [0.2, 0.25) is 0 Å². The van der Waals surface area contributed by atoms with E-state index >= 15 is 4.39 Å². The maximum Gasteiger partial charge on any atom is 0.310 e. The number of aromatic nitrogens is 1. The Morgan fingerprint density at radius 3 is 2.51 bits per heavy atom. The fourth-order valence-corrected chi connectivity index (χ4v) is 5.49. The van der Waals surface area contributed by atoms with Crippen LogP contribution in [0, 0.1) is 12.7 Å². The Bertz CT molecular complexity index is 1800. The van der Waals surface area contributed by atoms with Crippen molar-refractivity contribution in [2.24, 2.45) is 0 Å². The maximum atomic E-state index is 15.2. The Balaban J connectivity index is 1.17. The van der Waals surface area contributed by atoms with Gasteiger partial charge < -0.3 is 19.1 Å². The van der Waals surface area contributed by atoms with Gasteiger partial charge in [-0.1, -0.05) is 60.7 Å². The zero-order chi connectivity index (χ0) is 29.9. The number of hydrogen-bond acceptors (Lipinski definition) is 6. The number of ether oxygens (including phenoxy) is 3. The van der Waals surface area contributed by atoms with E-state index in [0.29, 0.717) is 23.3 Å². The molecule has 0 unspecified atom stereocenters. The van der Waals surface area contributed by atoms with Crippen LogP contribution in [0.25, 0.3) is 10.9 Å². The van der Waals surface area contributed by atoms with Gasteiger partial charge in [-0.05, 0) is 54.4 Å². The molecule has 0 spiro atoms. The number of nitrogens with zero attached hydrogens (tertiary/aromatic N) is 2. The first-order valence-corrected chi connectivity index (χ1v) is 14.1. The largest absolute Gasteiger partial charge is 0.487 e. The molecule has 0 radical (unpaired) electrons. The fourth-order valence-electron chi connectivity index (χ4n) is 5.49. The number of para-hydroxylation sites is 3. The minimum absolute atomic E-state index is 0.00347. The fraction of sp³-hybridized carbons (Fsp3) is 0.200. The molecule has 1 atom stereocenters. The average molecular weight is 579 g/mol. The molecule has 0 amide bonds. The second-order valence-corrected chi connectivity index (χ2v) is 10.6. The molecule has 0 fully saturated rings. The number of fused-ring (bicyclic) bond motifs is 2. The molecule has 218 valence electrons. The summed E-state index contributed by atoms with van der Waals surface area (Å²) in [6.07, 6.45) is -0.281. The van der Waals surface area contributed by atoms with Crippen LogP contribution in [-0.4, -0.2) is 42.7 Å². The summed E-state index contributed by atoms with van der Waals surface area (Å²) in [5.74, 6) is -0.653. The maximum absolute atomic E-state index is 15.2. The third-order valence-electron chi connectivity index (χ3n) is 7.66. The number of hydrogen-bond donors (Lipinski definition) is 0. The highest BCUT2D eigenvalue weighted by molar-refractivity contribution is 6.04. The lowest BCUT2D eigenvalue weighted by atomic mass is 10.1. The van der Waals surface area contributed by atoms with Crippen molar-refractivity contribution in [3.63, 3.8) is 0 Å². The summed E-state index contributed by atoms with van der Waals surface area (Å²) in [5.41, 5.74) is 3.98. The number of rotatable bonds is 8. The molecule has 1 aliphatic heterocycles. The van der Waals surface area contributed by atoms with Gasteiger partial charge in [0.15, 0.2) is 11.6 Å². The van der Waals surface area contributed by atoms with E-state index < -0.39 is 17.7 Å². The Morgan fingerprint density at radius 2 is 1.70 bits per heavy atom. The number of likely N-dealkylation sites (N-methyl/N-ethyl adjacent to an activating group) is 1. The molecule has 6 rings (SSSR count). The molecule has 1 aromatic heterocycles. The number of carbonyl (C=O) groups is 2. The van der Waals surface area contributed by atoms with Gasteiger partial charge in [0, 0.05) is 23.7 Å². The number of benzene rings is 4. The number of halogens is 1. The van der Waals surface area contributed by atoms with Crippen molar-refractivity contribution < 1.29 is 28.2 Å². The van der Waals surface area contributed by atoms with Gasteiger partial charge in [-0.2, -0.15) is 0 Å². The standard InChI is InChI=1S/C35H31FN2O5/c1-23-28(19-34(39)42-21-24-10-4-3-5-11-24)27-12-6-7-13-30(27)38(23)35(40)25-16-17-32(29(36)18-25)41-22-26-20-37(2)31-14-8-9-15-33(31)43-26/h3-18,26H,19-22H2,1-2H3/t26-/m0/s1. The molecule has 2 heterocycles. The highest BCUT2D eigenvalue weighted by atomic mass is 19.1. The molecule has 4 aromatic carbocycles. The van der Waals surface area contributed by atoms with Crippen LogP contribution < -0.4 is 14.4 Å². The number of esters is 1. The molecular weight excluding hydrogens is 547 g/mol. The summed E-state index contributed by atoms with van der Waals surface area (Å²) >= 11 is 0. The first kappa shape index (κ1) is 28.0. The van der Waals surface area contributed by atoms with Crippen molar-refractivity contribution in [2.45, 2.75) is 26.1 Å². The SMILES string of the molecule is Cc1c(CC(=O)OCc2ccccc2)c2ccccc2n1C(=O)c1ccc(OC[C@@H]2CN(C)c3ccccc3O2)c(F)c1. The van der Waals surface area contributed by atoms with Gasteiger partial charge in [0.05, 0.1) is 24.2 Å². The van der Waals surface area contributed by atoms with Crippen LogP contribution in [0.15, 0.2) is 97.1 Å². The zero-order valence-electron chi connectivity index (χ0n) is 24.0. The lowest BCUT2D eigenvalue weighted by Crippen LogP contribution is -2.41. The first-order chi connectivity index (χ1) is 20.9. The van der Waals surface area contributed by atoms with E-state index in [9.17, 15) is 9.59 Å². The molecule has 0 saturated carbocycles. The van der Waals surface area contributed by atoms with Crippen LogP contribution in [0.1, 0.15) is 27.2 Å². The van der Waals surface area contributed by atoms with E-state index in [0.717, 1.165) is 22.4 Å². The van der Waals surface area contributed by atoms with Gasteiger partial charge in [0.25, 0.3) is 5.91 Å². The van der Waals surface area contributed by atoms with Crippen molar-refractivity contribution in [3.8, 4) is 11.5 Å². The third kappa shape index (κ3) is 5.81. The molecule has 0 saturated heterocycles. The van der Waals surface area contributed by atoms with E-state index in [1.54, 1.807) is 13.0 Å². The predicted molar refractivity (Wildman–Crippen MR) is 162 cm³/mol. The second-order valence-electron chi connectivity index (χ2n) is 10.6. The second kappa shape index (κ2) is 12.0. The Morgan fingerprint density at radius 1 is 0.953 bits per heavy atom. The Kier molecular flexibility index (Phi) is 7.83. The lowest BCUT2D eigenvalue weighted by Gasteiger charge is -2.33. The van der Waals surface area contributed by atoms with Gasteiger partial charge in [-0.25, -0.2) is 4.39 Å². The van der Waals surface area contributed by atoms with Crippen molar-refractivity contribution in [1.29, 1.82) is 0 Å². The van der Waals surface area contributed by atoms with E-state index in [1.165, 1.54) is 16.7 Å². The molecule has 8 heteroatoms. The van der Waals surface area contributed by atoms with Crippen molar-refractivity contribution in [3.05, 3.63) is 125 Å². The van der Waals surface area contributed by atoms with Crippen LogP contribution in [0.4, 0.5) is 10.1 Å². The lowest BCUT2D eigenvalue weighted by molar-refractivity contribution is -0.144. The van der Waals surface area contributed by atoms with E-state index in [4.69, 9.17) is 14.2 Å². The minimum Gasteiger partial charge on any atom is -0.487 e. The van der Waals surface area contributed by atoms with Crippen LogP contribution in [0.5, 0.6) is 11.5 Å². The summed E-state index contributed by atoms with van der Waals surface area (Å²) in [6.45, 7) is 2.69. The summed E-state index contributed by atoms with van der Waals surface area (Å²) < 4.78 is 34.0. The van der Waals surface area contributed by atoms with Crippen molar-refractivity contribution >= 4 is 28.5 Å². The summed E-state index contributed by atoms with van der Waals surface area (Å²) in [6, 6.07) is 28.7. The monoisotopic (exact) mass is 578 g/mol. The van der Waals surface area contributed by atoms with Crippen LogP contribution >= 0.6 is 0 Å². The van der Waals surface area contributed by atoms with Gasteiger partial charge in [0.1, 0.15) is 25.1 Å². The Hall–Kier alpha value is -5.11. The molecule has 0 bridgehead atoms. The van der Waals surface area contributed by atoms with Crippen molar-refractivity contribution in [2.75, 3.05) is 25.1 Å². The van der Waals surface area contributed by atoms with E-state index in [2.05, 4.69) is 4.90 Å². The molecule has 1 aliphatic rings. The highest BCUT2D eigenvalue weighted by Crippen LogP contribution is 2.32. The Labute approximate surface area is 249 Å². The molecule has 43 heavy (non-hydrogen) atoms. The summed E-state index contributed by atoms with van der Waals surface area (Å²) in [7, 11) is 1.97. The molecular formula is C35H31FN2O5. The van der Waals surface area contributed by atoms with Crippen molar-refractivity contribution in [1.82, 2.24) is 4.57 Å². The number of carbonyl (C=O) groups excluding carboxylic acids is 2. The minimum atomic E-state index is -0.644. The highest BCUT2D eigenvalue weighted by Gasteiger charge is 2.25. The van der Waals surface area contributed by atoms with Gasteiger partial charge >= 0.3 is 5.97 Å².